The molecule has 2 amide bonds. The molecule has 7 heteroatoms. The number of rotatable bonds is 6. The highest BCUT2D eigenvalue weighted by Crippen LogP contribution is 2.30. The minimum absolute atomic E-state index is 0.0665. The van der Waals surface area contributed by atoms with Gasteiger partial charge < -0.3 is 4.74 Å². The Kier molecular flexibility index (Phi) is 4.47. The number of benzene rings is 2. The van der Waals surface area contributed by atoms with Crippen LogP contribution in [0.2, 0.25) is 0 Å². The zero-order valence-electron chi connectivity index (χ0n) is 13.6. The fraction of sp³-hybridized carbons (Fsp3) is 0.222. The lowest BCUT2D eigenvalue weighted by molar-refractivity contribution is -0.386. The number of fused-ring (bicyclic) bond motifs is 1. The summed E-state index contributed by atoms with van der Waals surface area (Å²) in [6.07, 6.45) is 0.385. The maximum Gasteiger partial charge on any atom is 0.313 e. The lowest BCUT2D eigenvalue weighted by Gasteiger charge is -2.14. The number of hydrogen-bond donors (Lipinski definition) is 0. The lowest BCUT2D eigenvalue weighted by atomic mass is 10.1. The van der Waals surface area contributed by atoms with Crippen LogP contribution in [-0.4, -0.2) is 34.8 Å². The third kappa shape index (κ3) is 3.08. The maximum absolute atomic E-state index is 12.2. The van der Waals surface area contributed by atoms with E-state index in [-0.39, 0.29) is 36.4 Å². The molecule has 0 fully saturated rings. The second-order valence-electron chi connectivity index (χ2n) is 5.69. The molecule has 2 aromatic carbocycles. The fourth-order valence-corrected chi connectivity index (χ4v) is 2.83. The van der Waals surface area contributed by atoms with Crippen molar-refractivity contribution in [3.05, 3.63) is 69.3 Å². The Morgan fingerprint density at radius 3 is 2.28 bits per heavy atom. The van der Waals surface area contributed by atoms with Crippen molar-refractivity contribution in [1.82, 2.24) is 4.90 Å². The van der Waals surface area contributed by atoms with E-state index in [0.717, 1.165) is 0 Å². The highest BCUT2D eigenvalue weighted by molar-refractivity contribution is 6.21. The number of hydrogen-bond acceptors (Lipinski definition) is 5. The van der Waals surface area contributed by atoms with Crippen molar-refractivity contribution in [1.29, 1.82) is 0 Å². The van der Waals surface area contributed by atoms with Gasteiger partial charge in [0, 0.05) is 12.1 Å². The number of carbonyl (C=O) groups is 2. The average molecular weight is 340 g/mol. The van der Waals surface area contributed by atoms with Crippen LogP contribution in [0.5, 0.6) is 5.75 Å². The van der Waals surface area contributed by atoms with Crippen LogP contribution in [0.15, 0.2) is 42.5 Å². The van der Waals surface area contributed by atoms with Crippen LogP contribution in [0.3, 0.4) is 0 Å². The fourth-order valence-electron chi connectivity index (χ4n) is 2.83. The SMILES string of the molecule is Cc1cccc(OCCCN2C(=O)c3ccccc3C2=O)c1[N+](=O)[O-]. The van der Waals surface area contributed by atoms with E-state index in [1.54, 1.807) is 43.3 Å². The molecule has 0 bridgehead atoms. The van der Waals surface area contributed by atoms with Gasteiger partial charge in [-0.1, -0.05) is 24.3 Å². The molecule has 1 aliphatic rings. The summed E-state index contributed by atoms with van der Waals surface area (Å²) in [4.78, 5) is 36.3. The third-order valence-electron chi connectivity index (χ3n) is 4.05. The van der Waals surface area contributed by atoms with Gasteiger partial charge in [-0.3, -0.25) is 24.6 Å². The smallest absolute Gasteiger partial charge is 0.313 e. The first-order chi connectivity index (χ1) is 12.0. The van der Waals surface area contributed by atoms with Crippen LogP contribution in [-0.2, 0) is 0 Å². The molecule has 0 saturated carbocycles. The molecule has 3 rings (SSSR count). The Hall–Kier alpha value is -3.22. The van der Waals surface area contributed by atoms with Gasteiger partial charge in [-0.05, 0) is 31.5 Å². The molecule has 0 radical (unpaired) electrons. The standard InChI is InChI=1S/C18H16N2O5/c1-12-6-4-9-15(16(12)20(23)24)25-11-5-10-19-17(21)13-7-2-3-8-14(13)18(19)22/h2-4,6-9H,5,10-11H2,1H3. The molecule has 1 aliphatic heterocycles. The van der Waals surface area contributed by atoms with Gasteiger partial charge >= 0.3 is 5.69 Å². The summed E-state index contributed by atoms with van der Waals surface area (Å²) in [5.41, 5.74) is 1.26. The van der Waals surface area contributed by atoms with Crippen LogP contribution < -0.4 is 4.74 Å². The summed E-state index contributed by atoms with van der Waals surface area (Å²) < 4.78 is 5.50. The van der Waals surface area contributed by atoms with E-state index in [1.165, 1.54) is 11.0 Å². The van der Waals surface area contributed by atoms with Gasteiger partial charge in [0.1, 0.15) is 0 Å². The summed E-state index contributed by atoms with van der Waals surface area (Å²) in [5, 5.41) is 11.1. The number of amides is 2. The summed E-state index contributed by atoms with van der Waals surface area (Å²) in [6.45, 7) is 2.01. The summed E-state index contributed by atoms with van der Waals surface area (Å²) in [6, 6.07) is 11.5. The molecule has 0 aliphatic carbocycles. The van der Waals surface area contributed by atoms with Crippen LogP contribution >= 0.6 is 0 Å². The monoisotopic (exact) mass is 340 g/mol. The predicted octanol–water partition coefficient (Wildman–Crippen LogP) is 2.97. The lowest BCUT2D eigenvalue weighted by Crippen LogP contribution is -2.31. The van der Waals surface area contributed by atoms with Crippen LogP contribution in [0.4, 0.5) is 5.69 Å². The van der Waals surface area contributed by atoms with Gasteiger partial charge in [-0.25, -0.2) is 0 Å². The molecular formula is C18H16N2O5. The molecule has 25 heavy (non-hydrogen) atoms. The number of nitro groups is 1. The highest BCUT2D eigenvalue weighted by atomic mass is 16.6. The van der Waals surface area contributed by atoms with Crippen LogP contribution in [0, 0.1) is 17.0 Å². The first kappa shape index (κ1) is 16.6. The van der Waals surface area contributed by atoms with Crippen molar-refractivity contribution in [2.75, 3.05) is 13.2 Å². The molecule has 0 saturated heterocycles. The highest BCUT2D eigenvalue weighted by Gasteiger charge is 2.34. The van der Waals surface area contributed by atoms with Gasteiger partial charge in [-0.2, -0.15) is 0 Å². The summed E-state index contributed by atoms with van der Waals surface area (Å²) >= 11 is 0. The molecule has 0 aromatic heterocycles. The van der Waals surface area contributed by atoms with Crippen molar-refractivity contribution in [2.24, 2.45) is 0 Å². The number of aryl methyl sites for hydroxylation is 1. The van der Waals surface area contributed by atoms with E-state index in [2.05, 4.69) is 0 Å². The molecule has 0 unspecified atom stereocenters. The van der Waals surface area contributed by atoms with Gasteiger partial charge in [0.05, 0.1) is 22.7 Å². The second-order valence-corrected chi connectivity index (χ2v) is 5.69. The third-order valence-corrected chi connectivity index (χ3v) is 4.05. The van der Waals surface area contributed by atoms with E-state index < -0.39 is 4.92 Å². The van der Waals surface area contributed by atoms with Gasteiger partial charge in [0.2, 0.25) is 0 Å². The van der Waals surface area contributed by atoms with Crippen LogP contribution in [0.1, 0.15) is 32.7 Å². The maximum atomic E-state index is 12.2. The minimum Gasteiger partial charge on any atom is -0.487 e. The molecule has 2 aromatic rings. The van der Waals surface area contributed by atoms with Gasteiger partial charge in [0.25, 0.3) is 11.8 Å². The average Bonchev–Trinajstić information content (AvgIpc) is 2.83. The Morgan fingerprint density at radius 2 is 1.68 bits per heavy atom. The number of nitro benzene ring substituents is 1. The van der Waals surface area contributed by atoms with E-state index in [1.807, 2.05) is 0 Å². The number of ether oxygens (including phenoxy) is 1. The van der Waals surface area contributed by atoms with Crippen molar-refractivity contribution < 1.29 is 19.2 Å². The van der Waals surface area contributed by atoms with E-state index >= 15 is 0 Å². The van der Waals surface area contributed by atoms with E-state index in [4.69, 9.17) is 4.74 Å². The molecule has 0 atom stereocenters. The van der Waals surface area contributed by atoms with E-state index in [9.17, 15) is 19.7 Å². The Bertz CT molecular complexity index is 827. The molecular weight excluding hydrogens is 324 g/mol. The zero-order chi connectivity index (χ0) is 18.0. The molecule has 128 valence electrons. The summed E-state index contributed by atoms with van der Waals surface area (Å²) in [7, 11) is 0. The van der Waals surface area contributed by atoms with E-state index in [0.29, 0.717) is 23.1 Å². The Balaban J connectivity index is 1.60. The van der Waals surface area contributed by atoms with Crippen LogP contribution in [0.25, 0.3) is 0 Å². The normalized spacial score (nSPS) is 13.1. The predicted molar refractivity (Wildman–Crippen MR) is 89.8 cm³/mol. The van der Waals surface area contributed by atoms with Crippen molar-refractivity contribution in [3.63, 3.8) is 0 Å². The quantitative estimate of drug-likeness (QED) is 0.349. The summed E-state index contributed by atoms with van der Waals surface area (Å²) in [5.74, 6) is -0.448. The van der Waals surface area contributed by atoms with Gasteiger partial charge in [-0.15, -0.1) is 0 Å². The van der Waals surface area contributed by atoms with Crippen molar-refractivity contribution >= 4 is 17.5 Å². The van der Waals surface area contributed by atoms with Gasteiger partial charge in [0.15, 0.2) is 5.75 Å². The molecule has 7 nitrogen and oxygen atoms in total. The number of carbonyl (C=O) groups excluding carboxylic acids is 2. The zero-order valence-corrected chi connectivity index (χ0v) is 13.6. The first-order valence-electron chi connectivity index (χ1n) is 7.82. The topological polar surface area (TPSA) is 89.8 Å². The largest absolute Gasteiger partial charge is 0.487 e. The molecule has 0 spiro atoms. The Labute approximate surface area is 144 Å². The molecule has 1 heterocycles. The van der Waals surface area contributed by atoms with Crippen molar-refractivity contribution in [2.45, 2.75) is 13.3 Å². The number of para-hydroxylation sites is 1. The number of imide groups is 1. The second kappa shape index (κ2) is 6.72. The minimum atomic E-state index is -0.477. The molecule has 0 N–H and O–H groups in total. The number of nitrogens with zero attached hydrogens (tertiary/aromatic N) is 2. The Morgan fingerprint density at radius 1 is 1.04 bits per heavy atom. The van der Waals surface area contributed by atoms with Crippen molar-refractivity contribution in [3.8, 4) is 5.75 Å². The first-order valence-corrected chi connectivity index (χ1v) is 7.82.